The zero-order valence-electron chi connectivity index (χ0n) is 11.7. The fourth-order valence-corrected chi connectivity index (χ4v) is 2.68. The maximum atomic E-state index is 11.9. The topological polar surface area (TPSA) is 41.6 Å². The van der Waals surface area contributed by atoms with Crippen molar-refractivity contribution in [2.45, 2.75) is 13.0 Å². The van der Waals surface area contributed by atoms with E-state index < -0.39 is 6.09 Å². The van der Waals surface area contributed by atoms with Crippen LogP contribution < -0.4 is 10.2 Å². The second kappa shape index (κ2) is 6.57. The summed E-state index contributed by atoms with van der Waals surface area (Å²) in [5, 5.41) is 2.60. The van der Waals surface area contributed by atoms with Gasteiger partial charge in [0.2, 0.25) is 0 Å². The number of rotatable bonds is 2. The average molecular weight is 337 g/mol. The lowest BCUT2D eigenvalue weighted by Crippen LogP contribution is -2.46. The van der Waals surface area contributed by atoms with E-state index in [-0.39, 0.29) is 0 Å². The molecule has 0 spiro atoms. The third-order valence-electron chi connectivity index (χ3n) is 3.48. The molecule has 0 aromatic heterocycles. The van der Waals surface area contributed by atoms with Gasteiger partial charge in [-0.3, -0.25) is 5.43 Å². The Morgan fingerprint density at radius 3 is 2.64 bits per heavy atom. The van der Waals surface area contributed by atoms with Crippen molar-refractivity contribution >= 4 is 29.3 Å². The Kier molecular flexibility index (Phi) is 4.52. The summed E-state index contributed by atoms with van der Waals surface area (Å²) in [7, 11) is 0. The number of benzene rings is 2. The minimum absolute atomic E-state index is 0.346. The molecule has 0 saturated carbocycles. The summed E-state index contributed by atoms with van der Waals surface area (Å²) >= 11 is 11.7. The van der Waals surface area contributed by atoms with Crippen LogP contribution in [0.15, 0.2) is 42.5 Å². The van der Waals surface area contributed by atoms with Gasteiger partial charge in [-0.15, -0.1) is 0 Å². The van der Waals surface area contributed by atoms with Gasteiger partial charge in [0.05, 0.1) is 10.0 Å². The summed E-state index contributed by atoms with van der Waals surface area (Å²) < 4.78 is 5.21. The van der Waals surface area contributed by atoms with Gasteiger partial charge in [-0.05, 0) is 29.7 Å². The number of ether oxygens (including phenoxy) is 1. The number of hydrazine groups is 1. The standard InChI is InChI=1S/C16H14Cl2N2O2/c17-14-6-5-13(9-15(14)18)22-16(21)19-20-8-7-11-3-1-2-4-12(11)10-20/h1-6,9H,7-8,10H2,(H,19,21). The summed E-state index contributed by atoms with van der Waals surface area (Å²) in [5.74, 6) is 0.351. The second-order valence-corrected chi connectivity index (χ2v) is 5.83. The molecule has 0 aliphatic carbocycles. The summed E-state index contributed by atoms with van der Waals surface area (Å²) in [5.41, 5.74) is 5.27. The molecule has 22 heavy (non-hydrogen) atoms. The molecule has 1 amide bonds. The van der Waals surface area contributed by atoms with Crippen molar-refractivity contribution in [3.63, 3.8) is 0 Å². The summed E-state index contributed by atoms with van der Waals surface area (Å²) in [6.07, 6.45) is 0.348. The molecule has 6 heteroatoms. The number of nitrogens with zero attached hydrogens (tertiary/aromatic N) is 1. The Labute approximate surface area is 138 Å². The zero-order valence-corrected chi connectivity index (χ0v) is 13.2. The van der Waals surface area contributed by atoms with E-state index in [0.717, 1.165) is 13.0 Å². The number of hydrogen-bond donors (Lipinski definition) is 1. The average Bonchev–Trinajstić information content (AvgIpc) is 2.51. The molecule has 0 bridgehead atoms. The van der Waals surface area contributed by atoms with Crippen LogP contribution in [0.5, 0.6) is 5.75 Å². The van der Waals surface area contributed by atoms with Gasteiger partial charge in [0, 0.05) is 19.2 Å². The summed E-state index contributed by atoms with van der Waals surface area (Å²) in [4.78, 5) is 11.9. The van der Waals surface area contributed by atoms with Crippen LogP contribution in [-0.2, 0) is 13.0 Å². The van der Waals surface area contributed by atoms with Crippen molar-refractivity contribution in [1.82, 2.24) is 10.4 Å². The maximum absolute atomic E-state index is 11.9. The highest BCUT2D eigenvalue weighted by Crippen LogP contribution is 2.26. The van der Waals surface area contributed by atoms with Gasteiger partial charge in [-0.1, -0.05) is 47.5 Å². The van der Waals surface area contributed by atoms with E-state index in [1.165, 1.54) is 17.2 Å². The number of amides is 1. The Hall–Kier alpha value is -1.75. The van der Waals surface area contributed by atoms with Crippen molar-refractivity contribution in [3.05, 3.63) is 63.6 Å². The van der Waals surface area contributed by atoms with Gasteiger partial charge in [0.25, 0.3) is 0 Å². The molecule has 2 aromatic rings. The van der Waals surface area contributed by atoms with Gasteiger partial charge in [0.1, 0.15) is 5.75 Å². The largest absolute Gasteiger partial charge is 0.427 e. The van der Waals surface area contributed by atoms with E-state index in [4.69, 9.17) is 27.9 Å². The second-order valence-electron chi connectivity index (χ2n) is 5.02. The van der Waals surface area contributed by atoms with Gasteiger partial charge in [-0.25, -0.2) is 9.80 Å². The number of carbonyl (C=O) groups excluding carboxylic acids is 1. The van der Waals surface area contributed by atoms with E-state index in [2.05, 4.69) is 17.6 Å². The van der Waals surface area contributed by atoms with Crippen LogP contribution in [0.25, 0.3) is 0 Å². The fourth-order valence-electron chi connectivity index (χ4n) is 2.39. The molecule has 0 atom stereocenters. The summed E-state index contributed by atoms with van der Waals surface area (Å²) in [6, 6.07) is 12.9. The van der Waals surface area contributed by atoms with E-state index >= 15 is 0 Å². The number of fused-ring (bicyclic) bond motifs is 1. The van der Waals surface area contributed by atoms with E-state index in [0.29, 0.717) is 22.3 Å². The zero-order chi connectivity index (χ0) is 15.5. The van der Waals surface area contributed by atoms with Crippen molar-refractivity contribution in [3.8, 4) is 5.75 Å². The molecule has 0 unspecified atom stereocenters. The molecule has 1 N–H and O–H groups in total. The number of halogens is 2. The highest BCUT2D eigenvalue weighted by atomic mass is 35.5. The first-order valence-corrected chi connectivity index (χ1v) is 7.62. The van der Waals surface area contributed by atoms with Crippen LogP contribution >= 0.6 is 23.2 Å². The van der Waals surface area contributed by atoms with Gasteiger partial charge >= 0.3 is 6.09 Å². The lowest BCUT2D eigenvalue weighted by molar-refractivity contribution is 0.135. The van der Waals surface area contributed by atoms with E-state index in [1.807, 2.05) is 17.1 Å². The SMILES string of the molecule is O=C(NN1CCc2ccccc2C1)Oc1ccc(Cl)c(Cl)c1. The van der Waals surface area contributed by atoms with Gasteiger partial charge in [-0.2, -0.15) is 0 Å². The number of carbonyl (C=O) groups is 1. The maximum Gasteiger partial charge on any atom is 0.427 e. The van der Waals surface area contributed by atoms with Crippen LogP contribution in [0.1, 0.15) is 11.1 Å². The molecule has 1 heterocycles. The van der Waals surface area contributed by atoms with Crippen molar-refractivity contribution in [2.24, 2.45) is 0 Å². The van der Waals surface area contributed by atoms with Crippen molar-refractivity contribution in [2.75, 3.05) is 6.54 Å². The molecular formula is C16H14Cl2N2O2. The fraction of sp³-hybridized carbons (Fsp3) is 0.188. The molecule has 4 nitrogen and oxygen atoms in total. The predicted molar refractivity (Wildman–Crippen MR) is 86.2 cm³/mol. The first-order valence-electron chi connectivity index (χ1n) is 6.87. The van der Waals surface area contributed by atoms with Crippen LogP contribution in [0.4, 0.5) is 4.79 Å². The molecular weight excluding hydrogens is 323 g/mol. The monoisotopic (exact) mass is 336 g/mol. The molecule has 0 radical (unpaired) electrons. The highest BCUT2D eigenvalue weighted by molar-refractivity contribution is 6.42. The smallest absolute Gasteiger partial charge is 0.409 e. The minimum Gasteiger partial charge on any atom is -0.409 e. The van der Waals surface area contributed by atoms with Crippen LogP contribution in [0, 0.1) is 0 Å². The molecule has 3 rings (SSSR count). The Balaban J connectivity index is 1.59. The molecule has 0 saturated heterocycles. The Bertz CT molecular complexity index is 706. The first-order chi connectivity index (χ1) is 10.6. The summed E-state index contributed by atoms with van der Waals surface area (Å²) in [6.45, 7) is 1.40. The van der Waals surface area contributed by atoms with E-state index in [9.17, 15) is 4.79 Å². The number of nitrogens with one attached hydrogen (secondary N) is 1. The Morgan fingerprint density at radius 2 is 1.86 bits per heavy atom. The lowest BCUT2D eigenvalue weighted by atomic mass is 10.0. The van der Waals surface area contributed by atoms with Gasteiger partial charge < -0.3 is 4.74 Å². The highest BCUT2D eigenvalue weighted by Gasteiger charge is 2.18. The predicted octanol–water partition coefficient (Wildman–Crippen LogP) is 4.06. The molecule has 1 aliphatic rings. The third kappa shape index (κ3) is 3.53. The van der Waals surface area contributed by atoms with Gasteiger partial charge in [0.15, 0.2) is 0 Å². The molecule has 114 valence electrons. The first kappa shape index (κ1) is 15.2. The molecule has 0 fully saturated rings. The molecule has 1 aliphatic heterocycles. The van der Waals surface area contributed by atoms with E-state index in [1.54, 1.807) is 12.1 Å². The van der Waals surface area contributed by atoms with Crippen molar-refractivity contribution in [1.29, 1.82) is 0 Å². The number of hydrogen-bond acceptors (Lipinski definition) is 3. The lowest BCUT2D eigenvalue weighted by Gasteiger charge is -2.28. The third-order valence-corrected chi connectivity index (χ3v) is 4.22. The van der Waals surface area contributed by atoms with Crippen LogP contribution in [-0.4, -0.2) is 17.6 Å². The quantitative estimate of drug-likeness (QED) is 0.899. The van der Waals surface area contributed by atoms with Crippen LogP contribution in [0.2, 0.25) is 10.0 Å². The van der Waals surface area contributed by atoms with Crippen LogP contribution in [0.3, 0.4) is 0 Å². The van der Waals surface area contributed by atoms with Crippen molar-refractivity contribution < 1.29 is 9.53 Å². The molecule has 2 aromatic carbocycles. The normalized spacial score (nSPS) is 14.3. The Morgan fingerprint density at radius 1 is 1.09 bits per heavy atom. The minimum atomic E-state index is -0.544.